The van der Waals surface area contributed by atoms with E-state index in [1.165, 1.54) is 218 Å². The summed E-state index contributed by atoms with van der Waals surface area (Å²) in [6, 6.07) is 0. The molecule has 0 saturated heterocycles. The standard InChI is InChI=1S/C73H130O6/c1-4-7-10-13-16-19-22-25-28-29-30-31-32-33-34-35-36-37-38-39-40-41-42-43-46-48-51-54-57-60-63-66-72(75)78-69-70(79-73(76)67-64-61-58-55-52-49-45-27-24-21-18-15-12-9-6-3)68-77-71(74)65-62-59-56-53-50-47-44-26-23-20-17-14-11-8-5-2/h7,10,16,19,25-28,30-31,44-45,70H,4-6,8-9,11-15,17-18,20-24,29,32-43,46-69H2,1-3H3/b10-7-,19-16-,28-25-,31-30-,44-26-,45-27-. The molecule has 1 unspecified atom stereocenters. The van der Waals surface area contributed by atoms with Gasteiger partial charge in [0.25, 0.3) is 0 Å². The van der Waals surface area contributed by atoms with Crippen molar-refractivity contribution >= 4 is 17.9 Å². The van der Waals surface area contributed by atoms with Gasteiger partial charge in [0.05, 0.1) is 0 Å². The van der Waals surface area contributed by atoms with E-state index >= 15 is 0 Å². The molecular weight excluding hydrogens is 973 g/mol. The Kier molecular flexibility index (Phi) is 64.7. The van der Waals surface area contributed by atoms with E-state index in [0.29, 0.717) is 19.3 Å². The Labute approximate surface area is 491 Å². The number of ether oxygens (including phenoxy) is 3. The highest BCUT2D eigenvalue weighted by Gasteiger charge is 2.19. The van der Waals surface area contributed by atoms with E-state index in [-0.39, 0.29) is 31.1 Å². The Bertz CT molecular complexity index is 1450. The summed E-state index contributed by atoms with van der Waals surface area (Å²) in [5, 5.41) is 0. The third kappa shape index (κ3) is 65.5. The van der Waals surface area contributed by atoms with Crippen molar-refractivity contribution < 1.29 is 28.6 Å². The first-order valence-electron chi connectivity index (χ1n) is 34.4. The zero-order valence-electron chi connectivity index (χ0n) is 52.6. The number of allylic oxidation sites excluding steroid dienone is 12. The fraction of sp³-hybridized carbons (Fsp3) is 0.795. The molecule has 0 rings (SSSR count). The van der Waals surface area contributed by atoms with E-state index in [2.05, 4.69) is 93.7 Å². The van der Waals surface area contributed by atoms with Crippen LogP contribution in [-0.4, -0.2) is 37.2 Å². The van der Waals surface area contributed by atoms with Crippen molar-refractivity contribution in [2.75, 3.05) is 13.2 Å². The molecule has 0 aliphatic carbocycles. The lowest BCUT2D eigenvalue weighted by atomic mass is 10.0. The minimum Gasteiger partial charge on any atom is -0.462 e. The summed E-state index contributed by atoms with van der Waals surface area (Å²) in [6.07, 6.45) is 87.9. The lowest BCUT2D eigenvalue weighted by molar-refractivity contribution is -0.167. The van der Waals surface area contributed by atoms with Crippen molar-refractivity contribution in [3.8, 4) is 0 Å². The number of carbonyl (C=O) groups is 3. The van der Waals surface area contributed by atoms with Gasteiger partial charge in [0.1, 0.15) is 13.2 Å². The minimum absolute atomic E-state index is 0.0771. The van der Waals surface area contributed by atoms with E-state index < -0.39 is 6.10 Å². The molecule has 0 aromatic rings. The molecule has 0 radical (unpaired) electrons. The van der Waals surface area contributed by atoms with Gasteiger partial charge in [-0.2, -0.15) is 0 Å². The van der Waals surface area contributed by atoms with E-state index in [1.54, 1.807) is 0 Å². The number of rotatable bonds is 63. The molecule has 0 aromatic heterocycles. The highest BCUT2D eigenvalue weighted by molar-refractivity contribution is 5.71. The number of esters is 3. The van der Waals surface area contributed by atoms with Gasteiger partial charge in [-0.3, -0.25) is 14.4 Å². The lowest BCUT2D eigenvalue weighted by Crippen LogP contribution is -2.30. The molecule has 1 atom stereocenters. The second-order valence-electron chi connectivity index (χ2n) is 23.1. The minimum atomic E-state index is -0.782. The van der Waals surface area contributed by atoms with Gasteiger partial charge in [-0.1, -0.05) is 299 Å². The van der Waals surface area contributed by atoms with Crippen LogP contribution in [0.3, 0.4) is 0 Å². The van der Waals surface area contributed by atoms with E-state index in [1.807, 2.05) is 0 Å². The van der Waals surface area contributed by atoms with Crippen molar-refractivity contribution in [3.05, 3.63) is 72.9 Å². The van der Waals surface area contributed by atoms with Crippen LogP contribution in [0.1, 0.15) is 355 Å². The average molecular weight is 1100 g/mol. The first-order chi connectivity index (χ1) is 39.0. The maximum Gasteiger partial charge on any atom is 0.306 e. The molecule has 458 valence electrons. The summed E-state index contributed by atoms with van der Waals surface area (Å²) < 4.78 is 16.9. The van der Waals surface area contributed by atoms with Crippen molar-refractivity contribution in [2.45, 2.75) is 361 Å². The highest BCUT2D eigenvalue weighted by atomic mass is 16.6. The molecule has 6 heteroatoms. The Hall–Kier alpha value is -3.15. The van der Waals surface area contributed by atoms with Crippen LogP contribution in [0.5, 0.6) is 0 Å². The molecule has 0 N–H and O–H groups in total. The van der Waals surface area contributed by atoms with E-state index in [9.17, 15) is 14.4 Å². The van der Waals surface area contributed by atoms with Crippen LogP contribution in [0.2, 0.25) is 0 Å². The van der Waals surface area contributed by atoms with Crippen LogP contribution in [0, 0.1) is 0 Å². The maximum atomic E-state index is 12.9. The maximum absolute atomic E-state index is 12.9. The summed E-state index contributed by atoms with van der Waals surface area (Å²) >= 11 is 0. The fourth-order valence-corrected chi connectivity index (χ4v) is 10.0. The van der Waals surface area contributed by atoms with Crippen LogP contribution in [0.25, 0.3) is 0 Å². The first kappa shape index (κ1) is 75.8. The van der Waals surface area contributed by atoms with Crippen molar-refractivity contribution in [2.24, 2.45) is 0 Å². The number of hydrogen-bond acceptors (Lipinski definition) is 6. The smallest absolute Gasteiger partial charge is 0.306 e. The Morgan fingerprint density at radius 2 is 0.494 bits per heavy atom. The van der Waals surface area contributed by atoms with Crippen LogP contribution in [-0.2, 0) is 28.6 Å². The lowest BCUT2D eigenvalue weighted by Gasteiger charge is -2.18. The third-order valence-corrected chi connectivity index (χ3v) is 15.2. The normalized spacial score (nSPS) is 12.5. The Morgan fingerprint density at radius 1 is 0.266 bits per heavy atom. The summed E-state index contributed by atoms with van der Waals surface area (Å²) in [6.45, 7) is 6.55. The predicted molar refractivity (Wildman–Crippen MR) is 344 cm³/mol. The van der Waals surface area contributed by atoms with Crippen molar-refractivity contribution in [1.29, 1.82) is 0 Å². The fourth-order valence-electron chi connectivity index (χ4n) is 10.0. The van der Waals surface area contributed by atoms with Crippen molar-refractivity contribution in [1.82, 2.24) is 0 Å². The van der Waals surface area contributed by atoms with Gasteiger partial charge < -0.3 is 14.2 Å². The van der Waals surface area contributed by atoms with Crippen LogP contribution in [0.15, 0.2) is 72.9 Å². The van der Waals surface area contributed by atoms with Gasteiger partial charge in [-0.15, -0.1) is 0 Å². The largest absolute Gasteiger partial charge is 0.462 e. The molecule has 0 saturated carbocycles. The second-order valence-corrected chi connectivity index (χ2v) is 23.1. The molecule has 0 bridgehead atoms. The number of hydrogen-bond donors (Lipinski definition) is 0. The zero-order valence-corrected chi connectivity index (χ0v) is 52.6. The Balaban J connectivity index is 4.19. The molecule has 79 heavy (non-hydrogen) atoms. The van der Waals surface area contributed by atoms with Gasteiger partial charge in [-0.05, 0) is 109 Å². The summed E-state index contributed by atoms with van der Waals surface area (Å²) in [5.41, 5.74) is 0. The molecule has 0 fully saturated rings. The van der Waals surface area contributed by atoms with E-state index in [0.717, 1.165) is 96.3 Å². The first-order valence-corrected chi connectivity index (χ1v) is 34.4. The SMILES string of the molecule is CC/C=C\C/C=C\C/C=C\C/C=C\CCCCCCCCCCCCCCCCCCCCC(=O)OCC(COC(=O)CCCCCCC/C=C\CCCCCCCC)OC(=O)CCCCCCC/C=C\CCCCCCCC. The quantitative estimate of drug-likeness (QED) is 0.0261. The zero-order chi connectivity index (χ0) is 57.1. The van der Waals surface area contributed by atoms with Gasteiger partial charge in [-0.25, -0.2) is 0 Å². The van der Waals surface area contributed by atoms with E-state index in [4.69, 9.17) is 14.2 Å². The van der Waals surface area contributed by atoms with Gasteiger partial charge >= 0.3 is 17.9 Å². The molecule has 0 amide bonds. The molecule has 0 spiro atoms. The van der Waals surface area contributed by atoms with Gasteiger partial charge in [0.15, 0.2) is 6.10 Å². The van der Waals surface area contributed by atoms with Crippen LogP contribution in [0.4, 0.5) is 0 Å². The molecule has 0 aromatic carbocycles. The predicted octanol–water partition coefficient (Wildman–Crippen LogP) is 23.7. The summed E-state index contributed by atoms with van der Waals surface area (Å²) in [7, 11) is 0. The third-order valence-electron chi connectivity index (χ3n) is 15.2. The molecule has 0 aliphatic heterocycles. The number of unbranched alkanes of at least 4 members (excludes halogenated alkanes) is 40. The molecule has 0 aliphatic rings. The molecule has 0 heterocycles. The van der Waals surface area contributed by atoms with Crippen molar-refractivity contribution in [3.63, 3.8) is 0 Å². The van der Waals surface area contributed by atoms with Gasteiger partial charge in [0, 0.05) is 19.3 Å². The van der Waals surface area contributed by atoms with Crippen LogP contribution >= 0.6 is 0 Å². The summed E-state index contributed by atoms with van der Waals surface area (Å²) in [4.78, 5) is 38.3. The number of carbonyl (C=O) groups excluding carboxylic acids is 3. The highest BCUT2D eigenvalue weighted by Crippen LogP contribution is 2.17. The van der Waals surface area contributed by atoms with Gasteiger partial charge in [0.2, 0.25) is 0 Å². The second kappa shape index (κ2) is 67.4. The average Bonchev–Trinajstić information content (AvgIpc) is 3.45. The topological polar surface area (TPSA) is 78.9 Å². The Morgan fingerprint density at radius 3 is 0.785 bits per heavy atom. The summed E-state index contributed by atoms with van der Waals surface area (Å²) in [5.74, 6) is -0.875. The molecule has 6 nitrogen and oxygen atoms in total. The van der Waals surface area contributed by atoms with Crippen LogP contribution < -0.4 is 0 Å². The molecular formula is C73H130O6. The monoisotopic (exact) mass is 1100 g/mol.